The molecule has 10 heteroatoms. The number of amides is 1. The molecule has 4 rings (SSSR count). The Morgan fingerprint density at radius 2 is 1.77 bits per heavy atom. The van der Waals surface area contributed by atoms with Crippen molar-refractivity contribution in [3.63, 3.8) is 0 Å². The fourth-order valence-electron chi connectivity index (χ4n) is 5.83. The number of carbonyl (C=O) groups excluding carboxylic acids is 1. The molecule has 244 valence electrons. The van der Waals surface area contributed by atoms with E-state index in [4.69, 9.17) is 0 Å². The van der Waals surface area contributed by atoms with Crippen LogP contribution in [0.15, 0.2) is 28.4 Å². The van der Waals surface area contributed by atoms with Crippen molar-refractivity contribution in [2.75, 3.05) is 30.7 Å². The molecule has 2 aliphatic carbocycles. The molecule has 3 fully saturated rings. The van der Waals surface area contributed by atoms with Gasteiger partial charge in [0.15, 0.2) is 0 Å². The minimum atomic E-state index is -4.18. The van der Waals surface area contributed by atoms with Crippen LogP contribution in [0.5, 0.6) is 0 Å². The number of anilines is 1. The van der Waals surface area contributed by atoms with Crippen LogP contribution in [0.1, 0.15) is 91.2 Å². The molecule has 1 atom stereocenters. The molecule has 0 aromatic heterocycles. The number of amidine groups is 1. The van der Waals surface area contributed by atoms with Crippen molar-refractivity contribution < 1.29 is 18.0 Å². The van der Waals surface area contributed by atoms with Crippen LogP contribution in [-0.4, -0.2) is 65.3 Å². The maximum absolute atomic E-state index is 12.2. The summed E-state index contributed by atoms with van der Waals surface area (Å²) >= 11 is 0.752. The van der Waals surface area contributed by atoms with Gasteiger partial charge < -0.3 is 10.2 Å². The smallest absolute Gasteiger partial charge is 0.356 e. The summed E-state index contributed by atoms with van der Waals surface area (Å²) in [5.74, 6) is 1.42. The van der Waals surface area contributed by atoms with Crippen LogP contribution in [-0.2, 0) is 4.79 Å². The summed E-state index contributed by atoms with van der Waals surface area (Å²) in [7, 11) is 0. The molecule has 1 aliphatic heterocycles. The molecule has 0 radical (unpaired) electrons. The molecule has 0 spiro atoms. The van der Waals surface area contributed by atoms with E-state index in [1.54, 1.807) is 4.31 Å². The Bertz CT molecular complexity index is 1060. The largest absolute Gasteiger partial charge is 0.399 e. The topological polar surface area (TPSA) is 60.3 Å². The van der Waals surface area contributed by atoms with Crippen LogP contribution in [0.2, 0.25) is 0 Å². The van der Waals surface area contributed by atoms with E-state index in [1.807, 2.05) is 45.9 Å². The molecule has 3 aliphatic rings. The summed E-state index contributed by atoms with van der Waals surface area (Å²) in [6.07, 6.45) is 2.95. The molecule has 1 saturated heterocycles. The van der Waals surface area contributed by atoms with Gasteiger partial charge in [-0.2, -0.15) is 18.3 Å². The Labute approximate surface area is 262 Å². The number of nitrogens with zero attached hydrogens (tertiary/aromatic N) is 4. The van der Waals surface area contributed by atoms with Crippen LogP contribution in [0.25, 0.3) is 0 Å². The highest BCUT2D eigenvalue weighted by Gasteiger charge is 2.40. The maximum atomic E-state index is 12.2. The summed E-state index contributed by atoms with van der Waals surface area (Å²) in [5, 5.41) is 11.1. The molecular formula is C33H54F3N5OS. The van der Waals surface area contributed by atoms with Crippen LogP contribution in [0, 0.1) is 37.0 Å². The first-order valence-electron chi connectivity index (χ1n) is 15.8. The second-order valence-corrected chi connectivity index (χ2v) is 14.0. The van der Waals surface area contributed by atoms with E-state index in [9.17, 15) is 18.0 Å². The van der Waals surface area contributed by atoms with Crippen LogP contribution in [0.3, 0.4) is 0 Å². The van der Waals surface area contributed by atoms with Gasteiger partial charge in [0.1, 0.15) is 11.6 Å². The number of rotatable bonds is 9. The van der Waals surface area contributed by atoms with Crippen molar-refractivity contribution in [1.82, 2.24) is 9.21 Å². The first kappa shape index (κ1) is 37.1. The lowest BCUT2D eigenvalue weighted by molar-refractivity contribution is -0.119. The zero-order valence-corrected chi connectivity index (χ0v) is 28.4. The highest BCUT2D eigenvalue weighted by Crippen LogP contribution is 2.43. The van der Waals surface area contributed by atoms with E-state index in [-0.39, 0.29) is 11.8 Å². The monoisotopic (exact) mass is 625 g/mol. The van der Waals surface area contributed by atoms with E-state index in [0.29, 0.717) is 30.8 Å². The minimum Gasteiger partial charge on any atom is -0.356 e. The van der Waals surface area contributed by atoms with Crippen molar-refractivity contribution in [2.45, 2.75) is 106 Å². The third-order valence-corrected chi connectivity index (χ3v) is 9.02. The number of halogens is 3. The Morgan fingerprint density at radius 3 is 2.28 bits per heavy atom. The number of alkyl halides is 3. The molecule has 1 aromatic rings. The molecule has 43 heavy (non-hydrogen) atoms. The average Bonchev–Trinajstić information content (AvgIpc) is 3.62. The number of hydrogen-bond acceptors (Lipinski definition) is 5. The number of carbonyl (C=O) groups is 1. The van der Waals surface area contributed by atoms with Gasteiger partial charge in [0.05, 0.1) is 5.92 Å². The van der Waals surface area contributed by atoms with Crippen molar-refractivity contribution in [3.8, 4) is 0 Å². The Hall–Kier alpha value is -2.07. The molecule has 2 saturated carbocycles. The van der Waals surface area contributed by atoms with Gasteiger partial charge in [0.2, 0.25) is 5.91 Å². The summed E-state index contributed by atoms with van der Waals surface area (Å²) < 4.78 is 38.2. The zero-order chi connectivity index (χ0) is 32.4. The van der Waals surface area contributed by atoms with Crippen LogP contribution < -0.4 is 5.32 Å². The van der Waals surface area contributed by atoms with Crippen LogP contribution in [0.4, 0.5) is 18.9 Å². The second kappa shape index (κ2) is 16.8. The molecular weight excluding hydrogens is 571 g/mol. The third kappa shape index (κ3) is 12.8. The summed E-state index contributed by atoms with van der Waals surface area (Å²) in [6, 6.07) is 6.48. The number of aryl methyl sites for hydroxylation is 2. The van der Waals surface area contributed by atoms with Gasteiger partial charge in [-0.05, 0) is 82.3 Å². The SMILES string of the molecule is C=N/N=C(/C1CC(CC(C)(C)C)C1)N(CC)C1CC1.CC.Cc1ccc(NC(=O)C2CCN(SCC(F)(F)F)C2)c(C)c1. The minimum absolute atomic E-state index is 0.123. The van der Waals surface area contributed by atoms with Crippen LogP contribution >= 0.6 is 11.9 Å². The Balaban J connectivity index is 0.000000286. The van der Waals surface area contributed by atoms with Gasteiger partial charge in [-0.1, -0.05) is 64.3 Å². The quantitative estimate of drug-likeness (QED) is 0.129. The lowest BCUT2D eigenvalue weighted by atomic mass is 9.67. The van der Waals surface area contributed by atoms with Gasteiger partial charge in [0.25, 0.3) is 0 Å². The second-order valence-electron chi connectivity index (χ2n) is 13.0. The molecule has 1 heterocycles. The van der Waals surface area contributed by atoms with E-state index in [2.05, 4.69) is 54.8 Å². The average molecular weight is 626 g/mol. The lowest BCUT2D eigenvalue weighted by Gasteiger charge is -2.42. The van der Waals surface area contributed by atoms with Crippen molar-refractivity contribution in [3.05, 3.63) is 29.3 Å². The Kier molecular flexibility index (Phi) is 14.5. The number of nitrogens with one attached hydrogen (secondary N) is 1. The van der Waals surface area contributed by atoms with Crippen molar-refractivity contribution in [2.24, 2.45) is 33.4 Å². The van der Waals surface area contributed by atoms with Gasteiger partial charge >= 0.3 is 6.18 Å². The highest BCUT2D eigenvalue weighted by molar-refractivity contribution is 7.97. The molecule has 0 bridgehead atoms. The van der Waals surface area contributed by atoms with E-state index in [1.165, 1.54) is 37.9 Å². The molecule has 1 amide bonds. The third-order valence-electron chi connectivity index (χ3n) is 7.87. The number of benzene rings is 1. The number of hydrogen-bond donors (Lipinski definition) is 1. The fourth-order valence-corrected chi connectivity index (χ4v) is 6.68. The summed E-state index contributed by atoms with van der Waals surface area (Å²) in [5.41, 5.74) is 3.31. The molecule has 1 unspecified atom stereocenters. The van der Waals surface area contributed by atoms with E-state index in [0.717, 1.165) is 47.3 Å². The predicted molar refractivity (Wildman–Crippen MR) is 177 cm³/mol. The summed E-state index contributed by atoms with van der Waals surface area (Å²) in [6.45, 7) is 22.6. The van der Waals surface area contributed by atoms with Gasteiger partial charge in [0, 0.05) is 44.0 Å². The molecule has 1 N–H and O–H groups in total. The highest BCUT2D eigenvalue weighted by atomic mass is 32.2. The summed E-state index contributed by atoms with van der Waals surface area (Å²) in [4.78, 5) is 14.7. The molecule has 1 aromatic carbocycles. The van der Waals surface area contributed by atoms with Crippen molar-refractivity contribution >= 4 is 36.1 Å². The lowest BCUT2D eigenvalue weighted by Crippen LogP contribution is -2.43. The van der Waals surface area contributed by atoms with Crippen molar-refractivity contribution in [1.29, 1.82) is 0 Å². The van der Waals surface area contributed by atoms with E-state index >= 15 is 0 Å². The molecule has 6 nitrogen and oxygen atoms in total. The zero-order valence-electron chi connectivity index (χ0n) is 27.6. The predicted octanol–water partition coefficient (Wildman–Crippen LogP) is 8.75. The fraction of sp³-hybridized carbons (Fsp3) is 0.727. The van der Waals surface area contributed by atoms with E-state index < -0.39 is 11.9 Å². The Morgan fingerprint density at radius 1 is 1.12 bits per heavy atom. The maximum Gasteiger partial charge on any atom is 0.399 e. The standard InChI is InChI=1S/C16H29N3.C15H19F3N2OS.C2H6/c1-6-19(14-7-8-14)15(18-17-5)13-9-12(10-13)11-16(2,3)4;1-10-3-4-13(11(2)7-10)19-14(21)12-5-6-20(8-12)22-9-15(16,17)18;1-2/h12-14H,5-11H2,1-4H3;3-4,7,12H,5-6,8-9H2,1-2H3,(H,19,21);1-2H3/b18-15-;;. The normalized spacial score (nSPS) is 22.4. The van der Waals surface area contributed by atoms with Gasteiger partial charge in [-0.3, -0.25) is 4.79 Å². The first-order valence-corrected chi connectivity index (χ1v) is 16.8. The van der Waals surface area contributed by atoms with Gasteiger partial charge in [-0.15, -0.1) is 5.10 Å². The first-order chi connectivity index (χ1) is 20.2. The van der Waals surface area contributed by atoms with Gasteiger partial charge in [-0.25, -0.2) is 4.31 Å².